The minimum absolute atomic E-state index is 0.328. The minimum Gasteiger partial charge on any atom is -0.306 e. The number of para-hydroxylation sites is 2. The van der Waals surface area contributed by atoms with E-state index < -0.39 is 0 Å². The van der Waals surface area contributed by atoms with Gasteiger partial charge in [0, 0.05) is 33.3 Å². The quantitative estimate of drug-likeness (QED) is 0.126. The van der Waals surface area contributed by atoms with E-state index >= 15 is 8.78 Å². The van der Waals surface area contributed by atoms with Crippen LogP contribution < -0.4 is 9.80 Å². The van der Waals surface area contributed by atoms with Crippen molar-refractivity contribution >= 4 is 66.4 Å². The Kier molecular flexibility index (Phi) is 11.6. The predicted octanol–water partition coefficient (Wildman–Crippen LogP) is 20.3. The average molecular weight is 961 g/mol. The predicted molar refractivity (Wildman–Crippen MR) is 310 cm³/mol. The third-order valence-electron chi connectivity index (χ3n) is 14.7. The molecule has 0 fully saturated rings. The van der Waals surface area contributed by atoms with Crippen molar-refractivity contribution in [1.82, 2.24) is 0 Å². The van der Waals surface area contributed by atoms with Gasteiger partial charge in [-0.25, -0.2) is 8.78 Å². The molecule has 74 heavy (non-hydrogen) atoms. The van der Waals surface area contributed by atoms with E-state index in [1.54, 1.807) is 12.1 Å². The van der Waals surface area contributed by atoms with Crippen molar-refractivity contribution in [3.8, 4) is 44.5 Å². The second kappa shape index (κ2) is 18.6. The molecule has 0 N–H and O–H groups in total. The molecular formula is C70H54F2N2. The Morgan fingerprint density at radius 1 is 0.284 bits per heavy atom. The summed E-state index contributed by atoms with van der Waals surface area (Å²) >= 11 is 0. The zero-order valence-electron chi connectivity index (χ0n) is 42.4. The smallest absolute Gasteiger partial charge is 0.148 e. The summed E-state index contributed by atoms with van der Waals surface area (Å²) in [4.78, 5) is 4.27. The van der Waals surface area contributed by atoms with E-state index in [2.05, 4.69) is 197 Å². The number of rotatable bonds is 10. The van der Waals surface area contributed by atoms with E-state index in [0.717, 1.165) is 133 Å². The third-order valence-corrected chi connectivity index (χ3v) is 14.7. The van der Waals surface area contributed by atoms with Gasteiger partial charge in [-0.1, -0.05) is 192 Å². The van der Waals surface area contributed by atoms with E-state index in [4.69, 9.17) is 0 Å². The van der Waals surface area contributed by atoms with Gasteiger partial charge in [-0.05, 0) is 156 Å². The largest absolute Gasteiger partial charge is 0.306 e. The maximum atomic E-state index is 18.0. The standard InChI is InChI=1S/C70H54F2N2/c1-43-15-11-21-51(35-43)55-39-59(53-23-13-17-45(3)37-53)69(61(71)41-55)73(63-25-9-7-19-47(63)5)65-33-29-49-28-32-58-66(34-30-50-27-31-57(65)67(49)68(50)58)74(64-26-10-8-20-48(64)6)70-60(54-24-14-18-46(4)38-54)40-56(42-62(70)72)52-22-12-16-44(2)36-52/h7-42H,1-6H3. The van der Waals surface area contributed by atoms with Crippen molar-refractivity contribution in [3.05, 3.63) is 263 Å². The van der Waals surface area contributed by atoms with Crippen LogP contribution in [0.4, 0.5) is 42.9 Å². The second-order valence-electron chi connectivity index (χ2n) is 20.0. The summed E-state index contributed by atoms with van der Waals surface area (Å²) in [7, 11) is 0. The lowest BCUT2D eigenvalue weighted by Gasteiger charge is -2.32. The lowest BCUT2D eigenvalue weighted by atomic mass is 9.90. The van der Waals surface area contributed by atoms with Crippen LogP contribution in [0.2, 0.25) is 0 Å². The van der Waals surface area contributed by atoms with Crippen LogP contribution in [-0.2, 0) is 0 Å². The molecule has 0 spiro atoms. The first-order valence-corrected chi connectivity index (χ1v) is 25.4. The summed E-state index contributed by atoms with van der Waals surface area (Å²) in [6, 6.07) is 74.7. The van der Waals surface area contributed by atoms with E-state index in [9.17, 15) is 0 Å². The van der Waals surface area contributed by atoms with Crippen molar-refractivity contribution in [2.75, 3.05) is 9.80 Å². The molecule has 0 saturated heterocycles. The first-order chi connectivity index (χ1) is 36.0. The molecule has 2 nitrogen and oxygen atoms in total. The molecule has 0 heterocycles. The highest BCUT2D eigenvalue weighted by atomic mass is 19.1. The Labute approximate surface area is 432 Å². The third kappa shape index (κ3) is 8.13. The van der Waals surface area contributed by atoms with Crippen molar-refractivity contribution in [3.63, 3.8) is 0 Å². The zero-order valence-corrected chi connectivity index (χ0v) is 42.4. The van der Waals surface area contributed by atoms with E-state index in [0.29, 0.717) is 11.4 Å². The summed E-state index contributed by atoms with van der Waals surface area (Å²) in [5, 5.41) is 6.13. The highest BCUT2D eigenvalue weighted by Gasteiger charge is 2.29. The number of anilines is 6. The molecule has 0 aliphatic heterocycles. The molecular weight excluding hydrogens is 907 g/mol. The fourth-order valence-electron chi connectivity index (χ4n) is 11.2. The first kappa shape index (κ1) is 46.2. The summed E-state index contributed by atoms with van der Waals surface area (Å²) < 4.78 is 36.0. The number of hydrogen-bond donors (Lipinski definition) is 0. The van der Waals surface area contributed by atoms with Crippen molar-refractivity contribution in [1.29, 1.82) is 0 Å². The van der Waals surface area contributed by atoms with Gasteiger partial charge in [-0.3, -0.25) is 0 Å². The van der Waals surface area contributed by atoms with Gasteiger partial charge < -0.3 is 9.80 Å². The zero-order chi connectivity index (χ0) is 50.8. The number of nitrogens with zero attached hydrogens (tertiary/aromatic N) is 2. The van der Waals surface area contributed by atoms with Crippen LogP contribution in [0.5, 0.6) is 0 Å². The van der Waals surface area contributed by atoms with Gasteiger partial charge in [0.15, 0.2) is 0 Å². The van der Waals surface area contributed by atoms with Crippen LogP contribution in [0.25, 0.3) is 76.8 Å². The van der Waals surface area contributed by atoms with Gasteiger partial charge in [0.25, 0.3) is 0 Å². The Morgan fingerprint density at radius 2 is 0.635 bits per heavy atom. The fourth-order valence-corrected chi connectivity index (χ4v) is 11.2. The normalized spacial score (nSPS) is 11.5. The van der Waals surface area contributed by atoms with E-state index in [1.165, 1.54) is 0 Å². The molecule has 12 aromatic rings. The highest BCUT2D eigenvalue weighted by Crippen LogP contribution is 2.52. The van der Waals surface area contributed by atoms with E-state index in [-0.39, 0.29) is 11.6 Å². The van der Waals surface area contributed by atoms with Crippen LogP contribution in [-0.4, -0.2) is 0 Å². The van der Waals surface area contributed by atoms with Crippen LogP contribution in [0.1, 0.15) is 33.4 Å². The molecule has 0 amide bonds. The average Bonchev–Trinajstić information content (AvgIpc) is 3.43. The molecule has 12 rings (SSSR count). The van der Waals surface area contributed by atoms with Crippen LogP contribution >= 0.6 is 0 Å². The van der Waals surface area contributed by atoms with Gasteiger partial charge in [0.05, 0.1) is 22.7 Å². The minimum atomic E-state index is -0.328. The van der Waals surface area contributed by atoms with Gasteiger partial charge in [-0.2, -0.15) is 0 Å². The fraction of sp³-hybridized carbons (Fsp3) is 0.0857. The number of hydrogen-bond acceptors (Lipinski definition) is 2. The first-order valence-electron chi connectivity index (χ1n) is 25.4. The molecule has 0 saturated carbocycles. The Morgan fingerprint density at radius 3 is 1.01 bits per heavy atom. The number of halogens is 2. The van der Waals surface area contributed by atoms with Crippen molar-refractivity contribution < 1.29 is 8.78 Å². The second-order valence-corrected chi connectivity index (χ2v) is 20.0. The molecule has 0 aromatic heterocycles. The molecule has 0 unspecified atom stereocenters. The number of aryl methyl sites for hydroxylation is 6. The maximum Gasteiger partial charge on any atom is 0.148 e. The summed E-state index contributed by atoms with van der Waals surface area (Å²) in [5.41, 5.74) is 17.7. The summed E-state index contributed by atoms with van der Waals surface area (Å²) in [6.45, 7) is 12.5. The van der Waals surface area contributed by atoms with Gasteiger partial charge in [-0.15, -0.1) is 0 Å². The molecule has 0 aliphatic rings. The van der Waals surface area contributed by atoms with Crippen molar-refractivity contribution in [2.45, 2.75) is 41.5 Å². The topological polar surface area (TPSA) is 6.48 Å². The lowest BCUT2D eigenvalue weighted by Crippen LogP contribution is -2.16. The van der Waals surface area contributed by atoms with Crippen LogP contribution in [0.3, 0.4) is 0 Å². The SMILES string of the molecule is Cc1cccc(-c2cc(F)c(N(c3ccccc3C)c3ccc4ccc5c(N(c6ccccc6C)c6c(F)cc(-c7cccc(C)c7)cc6-c6cccc(C)c6)ccc6ccc3c4c65)c(-c3cccc(C)c3)c2)c1. The molecule has 12 aromatic carbocycles. The van der Waals surface area contributed by atoms with Gasteiger partial charge in [0.2, 0.25) is 0 Å². The monoisotopic (exact) mass is 960 g/mol. The highest BCUT2D eigenvalue weighted by molar-refractivity contribution is 6.28. The van der Waals surface area contributed by atoms with Crippen LogP contribution in [0.15, 0.2) is 218 Å². The lowest BCUT2D eigenvalue weighted by molar-refractivity contribution is 0.629. The molecule has 0 radical (unpaired) electrons. The maximum absolute atomic E-state index is 18.0. The molecule has 0 atom stereocenters. The van der Waals surface area contributed by atoms with Crippen LogP contribution in [0, 0.1) is 53.2 Å². The van der Waals surface area contributed by atoms with Gasteiger partial charge >= 0.3 is 0 Å². The molecule has 0 bridgehead atoms. The molecule has 0 aliphatic carbocycles. The Balaban J connectivity index is 1.14. The Hall–Kier alpha value is -8.86. The van der Waals surface area contributed by atoms with E-state index in [1.807, 2.05) is 60.7 Å². The Bertz CT molecular complexity index is 3880. The molecule has 4 heteroatoms. The molecule has 358 valence electrons. The summed E-state index contributed by atoms with van der Waals surface area (Å²) in [6.07, 6.45) is 0. The van der Waals surface area contributed by atoms with Crippen molar-refractivity contribution in [2.24, 2.45) is 0 Å². The summed E-state index contributed by atoms with van der Waals surface area (Å²) in [5.74, 6) is -0.657. The number of benzene rings is 12. The van der Waals surface area contributed by atoms with Gasteiger partial charge in [0.1, 0.15) is 11.6 Å².